The van der Waals surface area contributed by atoms with Gasteiger partial charge in [-0.2, -0.15) is 0 Å². The monoisotopic (exact) mass is 560 g/mol. The van der Waals surface area contributed by atoms with Gasteiger partial charge in [-0.1, -0.05) is 17.7 Å². The van der Waals surface area contributed by atoms with Crippen molar-refractivity contribution in [3.63, 3.8) is 0 Å². The zero-order valence-electron chi connectivity index (χ0n) is 22.3. The zero-order valence-corrected chi connectivity index (χ0v) is 23.1. The summed E-state index contributed by atoms with van der Waals surface area (Å²) in [5.41, 5.74) is 2.89. The molecule has 9 nitrogen and oxygen atoms in total. The summed E-state index contributed by atoms with van der Waals surface area (Å²) in [5, 5.41) is 6.88. The van der Waals surface area contributed by atoms with Gasteiger partial charge in [0, 0.05) is 74.4 Å². The number of amides is 3. The Morgan fingerprint density at radius 3 is 2.35 bits per heavy atom. The number of halogens is 1. The molecule has 40 heavy (non-hydrogen) atoms. The van der Waals surface area contributed by atoms with Gasteiger partial charge in [0.05, 0.1) is 16.9 Å². The van der Waals surface area contributed by atoms with Crippen LogP contribution in [0.25, 0.3) is 0 Å². The van der Waals surface area contributed by atoms with E-state index in [0.29, 0.717) is 66.7 Å². The first-order valence-corrected chi connectivity index (χ1v) is 14.0. The molecule has 10 heteroatoms. The van der Waals surface area contributed by atoms with E-state index in [4.69, 9.17) is 11.6 Å². The van der Waals surface area contributed by atoms with E-state index in [1.54, 1.807) is 48.7 Å². The number of benzene rings is 2. The van der Waals surface area contributed by atoms with Gasteiger partial charge in [0.25, 0.3) is 17.7 Å². The second-order valence-electron chi connectivity index (χ2n) is 9.97. The maximum absolute atomic E-state index is 13.4. The van der Waals surface area contributed by atoms with E-state index in [1.165, 1.54) is 6.20 Å². The molecule has 0 unspecified atom stereocenters. The van der Waals surface area contributed by atoms with Crippen LogP contribution in [0.3, 0.4) is 0 Å². The zero-order chi connectivity index (χ0) is 27.9. The SMILES string of the molecule is O=C(Nc1cc(C(=O)N2CCCNCC2)ccc1N1CCCN(C(=O)c2cccc(Cl)c2)CC1)c1cccnc1. The van der Waals surface area contributed by atoms with Crippen LogP contribution < -0.4 is 15.5 Å². The van der Waals surface area contributed by atoms with Gasteiger partial charge in [-0.25, -0.2) is 0 Å². The van der Waals surface area contributed by atoms with Gasteiger partial charge >= 0.3 is 0 Å². The van der Waals surface area contributed by atoms with Crippen molar-refractivity contribution < 1.29 is 14.4 Å². The molecule has 0 radical (unpaired) electrons. The van der Waals surface area contributed by atoms with E-state index in [1.807, 2.05) is 21.9 Å². The molecule has 3 heterocycles. The minimum atomic E-state index is -0.300. The van der Waals surface area contributed by atoms with Gasteiger partial charge in [-0.15, -0.1) is 0 Å². The number of nitrogens with one attached hydrogen (secondary N) is 2. The van der Waals surface area contributed by atoms with Crippen LogP contribution in [-0.4, -0.2) is 84.9 Å². The first-order chi connectivity index (χ1) is 19.5. The van der Waals surface area contributed by atoms with Crippen LogP contribution in [0.1, 0.15) is 43.9 Å². The molecule has 0 spiro atoms. The fraction of sp³-hybridized carbons (Fsp3) is 0.333. The number of aromatic nitrogens is 1. The molecule has 2 aliphatic heterocycles. The molecule has 0 atom stereocenters. The lowest BCUT2D eigenvalue weighted by Gasteiger charge is -2.27. The summed E-state index contributed by atoms with van der Waals surface area (Å²) >= 11 is 6.11. The molecule has 2 aromatic carbocycles. The maximum Gasteiger partial charge on any atom is 0.257 e. The first-order valence-electron chi connectivity index (χ1n) is 13.6. The molecule has 2 saturated heterocycles. The average Bonchev–Trinajstić information content (AvgIpc) is 3.41. The Kier molecular flexibility index (Phi) is 8.93. The highest BCUT2D eigenvalue weighted by atomic mass is 35.5. The molecule has 3 aromatic rings. The third kappa shape index (κ3) is 6.60. The Bertz CT molecular complexity index is 1360. The standard InChI is InChI=1S/C30H33ClN6O3/c31-25-7-1-5-22(19-25)29(39)37-15-4-14-35(17-18-37)27-9-8-23(30(40)36-13-3-11-32-12-16-36)20-26(27)34-28(38)24-6-2-10-33-21-24/h1-2,5-10,19-21,32H,3-4,11-18H2,(H,34,38). The van der Waals surface area contributed by atoms with Crippen LogP contribution in [0.2, 0.25) is 5.02 Å². The van der Waals surface area contributed by atoms with E-state index in [-0.39, 0.29) is 17.7 Å². The van der Waals surface area contributed by atoms with Crippen molar-refractivity contribution in [3.8, 4) is 0 Å². The second kappa shape index (κ2) is 12.9. The Morgan fingerprint density at radius 1 is 0.775 bits per heavy atom. The van der Waals surface area contributed by atoms with Crippen LogP contribution in [0.5, 0.6) is 0 Å². The lowest BCUT2D eigenvalue weighted by Crippen LogP contribution is -2.35. The van der Waals surface area contributed by atoms with Gasteiger partial charge in [-0.3, -0.25) is 19.4 Å². The topological polar surface area (TPSA) is 97.9 Å². The number of nitrogens with zero attached hydrogens (tertiary/aromatic N) is 4. The quantitative estimate of drug-likeness (QED) is 0.493. The van der Waals surface area contributed by atoms with Crippen LogP contribution in [0.15, 0.2) is 67.0 Å². The van der Waals surface area contributed by atoms with Crippen molar-refractivity contribution >= 4 is 40.7 Å². The number of anilines is 2. The predicted octanol–water partition coefficient (Wildman–Crippen LogP) is 3.78. The van der Waals surface area contributed by atoms with Crippen LogP contribution >= 0.6 is 11.6 Å². The highest BCUT2D eigenvalue weighted by molar-refractivity contribution is 6.31. The van der Waals surface area contributed by atoms with E-state index in [9.17, 15) is 14.4 Å². The first kappa shape index (κ1) is 27.6. The lowest BCUT2D eigenvalue weighted by molar-refractivity contribution is 0.0759. The number of carbonyl (C=O) groups excluding carboxylic acids is 3. The van der Waals surface area contributed by atoms with Crippen molar-refractivity contribution in [2.75, 3.05) is 62.6 Å². The summed E-state index contributed by atoms with van der Waals surface area (Å²) < 4.78 is 0. The predicted molar refractivity (Wildman–Crippen MR) is 156 cm³/mol. The second-order valence-corrected chi connectivity index (χ2v) is 10.4. The average molecular weight is 561 g/mol. The van der Waals surface area contributed by atoms with E-state index in [2.05, 4.69) is 20.5 Å². The molecule has 0 saturated carbocycles. The van der Waals surface area contributed by atoms with Crippen LogP contribution in [0, 0.1) is 0 Å². The molecular formula is C30H33ClN6O3. The van der Waals surface area contributed by atoms with Crippen LogP contribution in [-0.2, 0) is 0 Å². The molecule has 2 aliphatic rings. The Labute approximate surface area is 239 Å². The number of hydrogen-bond donors (Lipinski definition) is 2. The molecule has 2 fully saturated rings. The molecule has 5 rings (SSSR count). The highest BCUT2D eigenvalue weighted by Gasteiger charge is 2.24. The number of pyridine rings is 1. The Morgan fingerprint density at radius 2 is 1.55 bits per heavy atom. The minimum Gasteiger partial charge on any atom is -0.368 e. The molecule has 1 aromatic heterocycles. The lowest BCUT2D eigenvalue weighted by atomic mass is 10.1. The Hall–Kier alpha value is -3.95. The molecule has 0 aliphatic carbocycles. The van der Waals surface area contributed by atoms with Crippen molar-refractivity contribution in [2.45, 2.75) is 12.8 Å². The summed E-state index contributed by atoms with van der Waals surface area (Å²) in [7, 11) is 0. The van der Waals surface area contributed by atoms with Crippen molar-refractivity contribution in [1.82, 2.24) is 20.1 Å². The van der Waals surface area contributed by atoms with Gasteiger partial charge in [0.2, 0.25) is 0 Å². The minimum absolute atomic E-state index is 0.0534. The summed E-state index contributed by atoms with van der Waals surface area (Å²) in [5.74, 6) is -0.408. The Balaban J connectivity index is 1.39. The highest BCUT2D eigenvalue weighted by Crippen LogP contribution is 2.30. The third-order valence-corrected chi connectivity index (χ3v) is 7.47. The summed E-state index contributed by atoms with van der Waals surface area (Å²) in [4.78, 5) is 49.6. The van der Waals surface area contributed by atoms with Gasteiger partial charge in [0.1, 0.15) is 0 Å². The smallest absolute Gasteiger partial charge is 0.257 e. The van der Waals surface area contributed by atoms with Gasteiger partial charge < -0.3 is 25.3 Å². The summed E-state index contributed by atoms with van der Waals surface area (Å²) in [6.07, 6.45) is 4.78. The normalized spacial score (nSPS) is 16.2. The fourth-order valence-electron chi connectivity index (χ4n) is 5.13. The fourth-order valence-corrected chi connectivity index (χ4v) is 5.32. The van der Waals surface area contributed by atoms with E-state index < -0.39 is 0 Å². The molecule has 208 valence electrons. The van der Waals surface area contributed by atoms with E-state index in [0.717, 1.165) is 31.6 Å². The molecule has 2 N–H and O–H groups in total. The molecule has 3 amide bonds. The number of carbonyl (C=O) groups is 3. The van der Waals surface area contributed by atoms with Crippen molar-refractivity contribution in [2.24, 2.45) is 0 Å². The van der Waals surface area contributed by atoms with Crippen molar-refractivity contribution in [1.29, 1.82) is 0 Å². The van der Waals surface area contributed by atoms with Crippen LogP contribution in [0.4, 0.5) is 11.4 Å². The van der Waals surface area contributed by atoms with Crippen molar-refractivity contribution in [3.05, 3.63) is 88.7 Å². The maximum atomic E-state index is 13.4. The van der Waals surface area contributed by atoms with E-state index >= 15 is 0 Å². The number of rotatable bonds is 5. The largest absolute Gasteiger partial charge is 0.368 e. The molecular weight excluding hydrogens is 528 g/mol. The summed E-state index contributed by atoms with van der Waals surface area (Å²) in [6.45, 7) is 5.37. The third-order valence-electron chi connectivity index (χ3n) is 7.24. The van der Waals surface area contributed by atoms with Gasteiger partial charge in [0.15, 0.2) is 0 Å². The summed E-state index contributed by atoms with van der Waals surface area (Å²) in [6, 6.07) is 15.9. The van der Waals surface area contributed by atoms with Gasteiger partial charge in [-0.05, 0) is 67.9 Å². The number of hydrogen-bond acceptors (Lipinski definition) is 6. The molecule has 0 bridgehead atoms.